The number of ether oxygens (including phenoxy) is 1. The summed E-state index contributed by atoms with van der Waals surface area (Å²) < 4.78 is 33.3. The minimum absolute atomic E-state index is 0.0413. The third-order valence-corrected chi connectivity index (χ3v) is 4.52. The molecule has 1 aromatic rings. The summed E-state index contributed by atoms with van der Waals surface area (Å²) in [5, 5.41) is 9.29. The Hall–Kier alpha value is -1.87. The summed E-state index contributed by atoms with van der Waals surface area (Å²) in [6, 6.07) is 5.37. The lowest BCUT2D eigenvalue weighted by Gasteiger charge is -2.16. The van der Waals surface area contributed by atoms with Gasteiger partial charge in [0.15, 0.2) is 6.40 Å². The van der Waals surface area contributed by atoms with Crippen molar-refractivity contribution in [3.05, 3.63) is 28.8 Å². The van der Waals surface area contributed by atoms with Crippen LogP contribution in [0.25, 0.3) is 0 Å². The highest BCUT2D eigenvalue weighted by atomic mass is 32.2. The molecule has 0 N–H and O–H groups in total. The zero-order valence-corrected chi connectivity index (χ0v) is 14.4. The van der Waals surface area contributed by atoms with E-state index in [1.165, 1.54) is 0 Å². The van der Waals surface area contributed by atoms with Crippen LogP contribution < -0.4 is 0 Å². The van der Waals surface area contributed by atoms with Gasteiger partial charge < -0.3 is 4.74 Å². The SMILES string of the molecule is CCO/C=N\S(=O)(=O)c1cc(C(C)C)c(C#N)cc1C(C)C. The van der Waals surface area contributed by atoms with Crippen LogP contribution >= 0.6 is 0 Å². The van der Waals surface area contributed by atoms with Crippen molar-refractivity contribution in [2.24, 2.45) is 4.40 Å². The predicted molar refractivity (Wildman–Crippen MR) is 86.6 cm³/mol. The molecular formula is C16H22N2O3S. The standard InChI is InChI=1S/C16H22N2O3S/c1-6-21-10-18-22(19,20)16-8-14(11(2)3)13(9-17)7-15(16)12(4)5/h7-8,10-12H,6H2,1-5H3/b18-10-. The van der Waals surface area contributed by atoms with Gasteiger partial charge in [0.2, 0.25) is 0 Å². The van der Waals surface area contributed by atoms with Crippen LogP contribution in [0.2, 0.25) is 0 Å². The fourth-order valence-electron chi connectivity index (χ4n) is 2.08. The molecule has 22 heavy (non-hydrogen) atoms. The Kier molecular flexibility index (Phi) is 6.12. The first-order valence-electron chi connectivity index (χ1n) is 7.22. The van der Waals surface area contributed by atoms with E-state index in [9.17, 15) is 13.7 Å². The molecule has 0 aliphatic rings. The number of hydrogen-bond acceptors (Lipinski definition) is 4. The molecule has 0 unspecified atom stereocenters. The second-order valence-corrected chi connectivity index (χ2v) is 7.14. The van der Waals surface area contributed by atoms with Crippen LogP contribution in [0.5, 0.6) is 0 Å². The van der Waals surface area contributed by atoms with Crippen LogP contribution in [0.3, 0.4) is 0 Å². The van der Waals surface area contributed by atoms with E-state index in [-0.39, 0.29) is 16.7 Å². The molecule has 5 nitrogen and oxygen atoms in total. The molecule has 0 bridgehead atoms. The predicted octanol–water partition coefficient (Wildman–Crippen LogP) is 3.56. The fourth-order valence-corrected chi connectivity index (χ4v) is 3.24. The Morgan fingerprint density at radius 3 is 2.27 bits per heavy atom. The quantitative estimate of drug-likeness (QED) is 0.592. The maximum absolute atomic E-state index is 12.4. The molecule has 0 saturated carbocycles. The third-order valence-electron chi connectivity index (χ3n) is 3.25. The van der Waals surface area contributed by atoms with Gasteiger partial charge in [-0.1, -0.05) is 27.7 Å². The first-order valence-corrected chi connectivity index (χ1v) is 8.66. The first kappa shape index (κ1) is 18.2. The molecule has 0 fully saturated rings. The summed E-state index contributed by atoms with van der Waals surface area (Å²) >= 11 is 0. The second kappa shape index (κ2) is 7.41. The van der Waals surface area contributed by atoms with Crippen LogP contribution in [0.15, 0.2) is 21.4 Å². The average molecular weight is 322 g/mol. The number of hydrogen-bond donors (Lipinski definition) is 0. The van der Waals surface area contributed by atoms with Crippen LogP contribution in [0.1, 0.15) is 63.1 Å². The number of rotatable bonds is 6. The van der Waals surface area contributed by atoms with E-state index in [0.29, 0.717) is 23.3 Å². The summed E-state index contributed by atoms with van der Waals surface area (Å²) in [5.74, 6) is 0.000986. The number of benzene rings is 1. The van der Waals surface area contributed by atoms with Gasteiger partial charge >= 0.3 is 0 Å². The van der Waals surface area contributed by atoms with Crippen molar-refractivity contribution in [3.63, 3.8) is 0 Å². The molecule has 0 saturated heterocycles. The van der Waals surface area contributed by atoms with Crippen LogP contribution in [-0.4, -0.2) is 21.4 Å². The van der Waals surface area contributed by atoms with Crippen molar-refractivity contribution in [2.75, 3.05) is 6.61 Å². The maximum atomic E-state index is 12.4. The van der Waals surface area contributed by atoms with E-state index in [0.717, 1.165) is 6.40 Å². The van der Waals surface area contributed by atoms with Gasteiger partial charge in [-0.25, -0.2) is 0 Å². The lowest BCUT2D eigenvalue weighted by molar-refractivity contribution is 0.344. The molecule has 0 spiro atoms. The Balaban J connectivity index is 3.58. The van der Waals surface area contributed by atoms with E-state index in [2.05, 4.69) is 10.5 Å². The largest absolute Gasteiger partial charge is 0.483 e. The van der Waals surface area contributed by atoms with Crippen molar-refractivity contribution >= 4 is 16.4 Å². The molecule has 0 amide bonds. The van der Waals surface area contributed by atoms with Crippen molar-refractivity contribution < 1.29 is 13.2 Å². The van der Waals surface area contributed by atoms with E-state index >= 15 is 0 Å². The molecule has 0 aliphatic heterocycles. The van der Waals surface area contributed by atoms with Crippen molar-refractivity contribution in [1.29, 1.82) is 5.26 Å². The number of nitrogens with zero attached hydrogens (tertiary/aromatic N) is 2. The Morgan fingerprint density at radius 1 is 1.23 bits per heavy atom. The Bertz CT molecular complexity index is 699. The van der Waals surface area contributed by atoms with Gasteiger partial charge in [0.25, 0.3) is 10.0 Å². The summed E-state index contributed by atoms with van der Waals surface area (Å²) in [5.41, 5.74) is 1.80. The molecule has 1 rings (SSSR count). The summed E-state index contributed by atoms with van der Waals surface area (Å²) in [6.07, 6.45) is 0.951. The Labute approximate surface area is 132 Å². The monoisotopic (exact) mass is 322 g/mol. The number of nitriles is 1. The van der Waals surface area contributed by atoms with Crippen molar-refractivity contribution in [2.45, 2.75) is 51.3 Å². The van der Waals surface area contributed by atoms with Crippen LogP contribution in [0, 0.1) is 11.3 Å². The van der Waals surface area contributed by atoms with Crippen molar-refractivity contribution in [1.82, 2.24) is 0 Å². The molecule has 0 aliphatic carbocycles. The zero-order valence-electron chi connectivity index (χ0n) is 13.6. The van der Waals surface area contributed by atoms with Gasteiger partial charge in [-0.15, -0.1) is 4.40 Å². The molecular weight excluding hydrogens is 300 g/mol. The Morgan fingerprint density at radius 2 is 1.82 bits per heavy atom. The van der Waals surface area contributed by atoms with Gasteiger partial charge in [0.05, 0.1) is 23.1 Å². The average Bonchev–Trinajstić information content (AvgIpc) is 2.45. The molecule has 120 valence electrons. The molecule has 6 heteroatoms. The second-order valence-electron chi connectivity index (χ2n) is 5.54. The molecule has 0 heterocycles. The third kappa shape index (κ3) is 4.08. The van der Waals surface area contributed by atoms with Gasteiger partial charge in [0.1, 0.15) is 0 Å². The normalized spacial score (nSPS) is 12.1. The molecule has 0 radical (unpaired) electrons. The highest BCUT2D eigenvalue weighted by molar-refractivity contribution is 7.90. The van der Waals surface area contributed by atoms with Gasteiger partial charge in [0, 0.05) is 0 Å². The molecule has 0 atom stereocenters. The highest BCUT2D eigenvalue weighted by Gasteiger charge is 2.23. The van der Waals surface area contributed by atoms with Crippen molar-refractivity contribution in [3.8, 4) is 6.07 Å². The molecule has 1 aromatic carbocycles. The van der Waals surface area contributed by atoms with E-state index in [4.69, 9.17) is 4.74 Å². The minimum atomic E-state index is -3.85. The summed E-state index contributed by atoms with van der Waals surface area (Å²) in [4.78, 5) is 0.140. The van der Waals surface area contributed by atoms with E-state index in [1.54, 1.807) is 19.1 Å². The highest BCUT2D eigenvalue weighted by Crippen LogP contribution is 2.31. The lowest BCUT2D eigenvalue weighted by Crippen LogP contribution is -2.08. The zero-order chi connectivity index (χ0) is 16.9. The van der Waals surface area contributed by atoms with Crippen LogP contribution in [-0.2, 0) is 14.8 Å². The van der Waals surface area contributed by atoms with Gasteiger partial charge in [-0.05, 0) is 42.0 Å². The summed E-state index contributed by atoms with van der Waals surface area (Å²) in [6.45, 7) is 9.71. The molecule has 0 aromatic heterocycles. The van der Waals surface area contributed by atoms with Gasteiger partial charge in [-0.3, -0.25) is 0 Å². The van der Waals surface area contributed by atoms with E-state index in [1.807, 2.05) is 27.7 Å². The number of sulfonamides is 1. The maximum Gasteiger partial charge on any atom is 0.285 e. The van der Waals surface area contributed by atoms with Crippen LogP contribution in [0.4, 0.5) is 0 Å². The lowest BCUT2D eigenvalue weighted by atomic mass is 9.92. The minimum Gasteiger partial charge on any atom is -0.483 e. The topological polar surface area (TPSA) is 79.5 Å². The van der Waals surface area contributed by atoms with E-state index < -0.39 is 10.0 Å². The van der Waals surface area contributed by atoms with Gasteiger partial charge in [-0.2, -0.15) is 13.7 Å². The fraction of sp³-hybridized carbons (Fsp3) is 0.500. The first-order chi connectivity index (χ1) is 10.2. The summed E-state index contributed by atoms with van der Waals surface area (Å²) in [7, 11) is -3.85. The smallest absolute Gasteiger partial charge is 0.285 e.